The molecule has 3 nitrogen and oxygen atoms in total. The van der Waals surface area contributed by atoms with E-state index >= 15 is 0 Å². The molecule has 0 aromatic heterocycles. The Bertz CT molecular complexity index is 597. The standard InChI is InChI=1S/C19H27N3/c1-2-10-21-11-13-22(14-12-21)15-19(20)18-9-5-7-16-6-3-4-8-17(16)18/h3-9,19H,2,10-15,20H2,1H3. The van der Waals surface area contributed by atoms with Crippen molar-refractivity contribution in [3.8, 4) is 0 Å². The predicted molar refractivity (Wildman–Crippen MR) is 94.0 cm³/mol. The lowest BCUT2D eigenvalue weighted by Gasteiger charge is -2.35. The quantitative estimate of drug-likeness (QED) is 0.921. The molecule has 2 aromatic carbocycles. The van der Waals surface area contributed by atoms with Crippen molar-refractivity contribution in [1.29, 1.82) is 0 Å². The Morgan fingerprint density at radius 1 is 0.955 bits per heavy atom. The van der Waals surface area contributed by atoms with E-state index in [9.17, 15) is 0 Å². The summed E-state index contributed by atoms with van der Waals surface area (Å²) in [5, 5.41) is 2.57. The minimum absolute atomic E-state index is 0.0869. The third-order valence-electron chi connectivity index (χ3n) is 4.68. The van der Waals surface area contributed by atoms with E-state index in [1.54, 1.807) is 0 Å². The fraction of sp³-hybridized carbons (Fsp3) is 0.474. The maximum absolute atomic E-state index is 6.53. The van der Waals surface area contributed by atoms with Gasteiger partial charge in [-0.3, -0.25) is 4.90 Å². The first-order valence-electron chi connectivity index (χ1n) is 8.46. The molecule has 1 aliphatic heterocycles. The SMILES string of the molecule is CCCN1CCN(CC(N)c2cccc3ccccc23)CC1. The highest BCUT2D eigenvalue weighted by Gasteiger charge is 2.19. The van der Waals surface area contributed by atoms with Gasteiger partial charge in [-0.1, -0.05) is 49.4 Å². The first kappa shape index (κ1) is 15.5. The summed E-state index contributed by atoms with van der Waals surface area (Å²) in [4.78, 5) is 5.07. The Morgan fingerprint density at radius 2 is 1.64 bits per heavy atom. The zero-order valence-corrected chi connectivity index (χ0v) is 13.5. The number of hydrogen-bond donors (Lipinski definition) is 1. The summed E-state index contributed by atoms with van der Waals surface area (Å²) in [5.74, 6) is 0. The molecule has 2 aromatic rings. The highest BCUT2D eigenvalue weighted by molar-refractivity contribution is 5.86. The summed E-state index contributed by atoms with van der Waals surface area (Å²) < 4.78 is 0. The fourth-order valence-electron chi connectivity index (χ4n) is 3.46. The third-order valence-corrected chi connectivity index (χ3v) is 4.68. The number of fused-ring (bicyclic) bond motifs is 1. The minimum atomic E-state index is 0.0869. The Kier molecular flexibility index (Phi) is 5.08. The molecule has 1 saturated heterocycles. The fourth-order valence-corrected chi connectivity index (χ4v) is 3.46. The number of benzene rings is 2. The van der Waals surface area contributed by atoms with Crippen LogP contribution in [0.4, 0.5) is 0 Å². The molecule has 1 atom stereocenters. The zero-order chi connectivity index (χ0) is 15.4. The van der Waals surface area contributed by atoms with E-state index in [4.69, 9.17) is 5.73 Å². The minimum Gasteiger partial charge on any atom is -0.323 e. The molecule has 118 valence electrons. The van der Waals surface area contributed by atoms with E-state index in [0.29, 0.717) is 0 Å². The Morgan fingerprint density at radius 3 is 2.41 bits per heavy atom. The first-order chi connectivity index (χ1) is 10.8. The van der Waals surface area contributed by atoms with Crippen LogP contribution in [0.1, 0.15) is 24.9 Å². The van der Waals surface area contributed by atoms with Crippen molar-refractivity contribution in [2.75, 3.05) is 39.3 Å². The lowest BCUT2D eigenvalue weighted by molar-refractivity contribution is 0.127. The molecule has 0 bridgehead atoms. The summed E-state index contributed by atoms with van der Waals surface area (Å²) in [6.45, 7) is 9.06. The zero-order valence-electron chi connectivity index (χ0n) is 13.5. The Hall–Kier alpha value is -1.42. The first-order valence-corrected chi connectivity index (χ1v) is 8.46. The van der Waals surface area contributed by atoms with Gasteiger partial charge in [-0.25, -0.2) is 0 Å². The Labute approximate surface area is 133 Å². The molecule has 3 heteroatoms. The molecular weight excluding hydrogens is 270 g/mol. The molecule has 0 amide bonds. The summed E-state index contributed by atoms with van der Waals surface area (Å²) in [6, 6.07) is 15.1. The molecule has 2 N–H and O–H groups in total. The lowest BCUT2D eigenvalue weighted by Crippen LogP contribution is -2.48. The molecule has 0 radical (unpaired) electrons. The second kappa shape index (κ2) is 7.23. The topological polar surface area (TPSA) is 32.5 Å². The van der Waals surface area contributed by atoms with E-state index in [-0.39, 0.29) is 6.04 Å². The van der Waals surface area contributed by atoms with Crippen LogP contribution >= 0.6 is 0 Å². The van der Waals surface area contributed by atoms with Gasteiger partial charge in [0.2, 0.25) is 0 Å². The normalized spacial score (nSPS) is 18.6. The number of nitrogens with two attached hydrogens (primary N) is 1. The largest absolute Gasteiger partial charge is 0.323 e. The summed E-state index contributed by atoms with van der Waals surface area (Å²) in [5.41, 5.74) is 7.80. The third kappa shape index (κ3) is 3.49. The van der Waals surface area contributed by atoms with E-state index in [2.05, 4.69) is 59.2 Å². The lowest BCUT2D eigenvalue weighted by atomic mass is 9.99. The molecule has 22 heavy (non-hydrogen) atoms. The summed E-state index contributed by atoms with van der Waals surface area (Å²) >= 11 is 0. The van der Waals surface area contributed by atoms with Crippen LogP contribution in [-0.2, 0) is 0 Å². The Balaban J connectivity index is 1.66. The van der Waals surface area contributed by atoms with E-state index in [1.165, 1.54) is 42.4 Å². The monoisotopic (exact) mass is 297 g/mol. The molecular formula is C19H27N3. The molecule has 1 unspecified atom stereocenters. The maximum Gasteiger partial charge on any atom is 0.0430 e. The van der Waals surface area contributed by atoms with Gasteiger partial charge in [-0.05, 0) is 29.3 Å². The maximum atomic E-state index is 6.53. The second-order valence-corrected chi connectivity index (χ2v) is 6.32. The van der Waals surface area contributed by atoms with Crippen LogP contribution in [0.5, 0.6) is 0 Å². The van der Waals surface area contributed by atoms with Crippen LogP contribution in [0.25, 0.3) is 10.8 Å². The number of piperazine rings is 1. The van der Waals surface area contributed by atoms with Crippen LogP contribution in [0.3, 0.4) is 0 Å². The van der Waals surface area contributed by atoms with Crippen molar-refractivity contribution in [3.05, 3.63) is 48.0 Å². The average Bonchev–Trinajstić information content (AvgIpc) is 2.56. The number of nitrogens with zero attached hydrogens (tertiary/aromatic N) is 2. The molecule has 0 spiro atoms. The van der Waals surface area contributed by atoms with Crippen LogP contribution in [0, 0.1) is 0 Å². The highest BCUT2D eigenvalue weighted by atomic mass is 15.3. The van der Waals surface area contributed by atoms with Crippen molar-refractivity contribution in [2.24, 2.45) is 5.73 Å². The average molecular weight is 297 g/mol. The van der Waals surface area contributed by atoms with Gasteiger partial charge >= 0.3 is 0 Å². The number of rotatable bonds is 5. The van der Waals surface area contributed by atoms with E-state index in [0.717, 1.165) is 19.6 Å². The molecule has 0 saturated carbocycles. The van der Waals surface area contributed by atoms with Crippen LogP contribution in [0.2, 0.25) is 0 Å². The molecule has 1 aliphatic rings. The van der Waals surface area contributed by atoms with E-state index in [1.807, 2.05) is 0 Å². The summed E-state index contributed by atoms with van der Waals surface area (Å²) in [7, 11) is 0. The van der Waals surface area contributed by atoms with Crippen LogP contribution < -0.4 is 5.73 Å². The van der Waals surface area contributed by atoms with Gasteiger partial charge in [0.25, 0.3) is 0 Å². The van der Waals surface area contributed by atoms with Gasteiger partial charge in [0.05, 0.1) is 0 Å². The highest BCUT2D eigenvalue weighted by Crippen LogP contribution is 2.23. The van der Waals surface area contributed by atoms with Gasteiger partial charge in [0.15, 0.2) is 0 Å². The summed E-state index contributed by atoms with van der Waals surface area (Å²) in [6.07, 6.45) is 1.25. The van der Waals surface area contributed by atoms with Crippen LogP contribution in [-0.4, -0.2) is 49.1 Å². The van der Waals surface area contributed by atoms with Gasteiger partial charge in [-0.2, -0.15) is 0 Å². The van der Waals surface area contributed by atoms with Crippen molar-refractivity contribution >= 4 is 10.8 Å². The van der Waals surface area contributed by atoms with Crippen molar-refractivity contribution in [1.82, 2.24) is 9.80 Å². The van der Waals surface area contributed by atoms with Crippen LogP contribution in [0.15, 0.2) is 42.5 Å². The molecule has 3 rings (SSSR count). The predicted octanol–water partition coefficient (Wildman–Crippen LogP) is 2.87. The molecule has 1 fully saturated rings. The number of hydrogen-bond acceptors (Lipinski definition) is 3. The van der Waals surface area contributed by atoms with Crippen molar-refractivity contribution < 1.29 is 0 Å². The van der Waals surface area contributed by atoms with Gasteiger partial charge in [0.1, 0.15) is 0 Å². The van der Waals surface area contributed by atoms with Gasteiger partial charge < -0.3 is 10.6 Å². The van der Waals surface area contributed by atoms with E-state index < -0.39 is 0 Å². The molecule has 1 heterocycles. The second-order valence-electron chi connectivity index (χ2n) is 6.32. The van der Waals surface area contributed by atoms with Crippen molar-refractivity contribution in [2.45, 2.75) is 19.4 Å². The van der Waals surface area contributed by atoms with Gasteiger partial charge in [0, 0.05) is 38.8 Å². The van der Waals surface area contributed by atoms with Crippen molar-refractivity contribution in [3.63, 3.8) is 0 Å². The smallest absolute Gasteiger partial charge is 0.0430 e. The van der Waals surface area contributed by atoms with Gasteiger partial charge in [-0.15, -0.1) is 0 Å². The molecule has 0 aliphatic carbocycles.